The highest BCUT2D eigenvalue weighted by Gasteiger charge is 2.33. The number of nitrogens with zero attached hydrogens (tertiary/aromatic N) is 3. The van der Waals surface area contributed by atoms with Gasteiger partial charge in [-0.2, -0.15) is 5.10 Å². The number of rotatable bonds is 5. The number of carbonyl (C=O) groups excluding carboxylic acids is 1. The summed E-state index contributed by atoms with van der Waals surface area (Å²) in [7, 11) is 1.86. The molecule has 0 saturated carbocycles. The maximum atomic E-state index is 12.8. The van der Waals surface area contributed by atoms with Gasteiger partial charge in [-0.25, -0.2) is 0 Å². The Kier molecular flexibility index (Phi) is 4.43. The van der Waals surface area contributed by atoms with Crippen LogP contribution in [0.15, 0.2) is 42.7 Å². The zero-order chi connectivity index (χ0) is 15.5. The van der Waals surface area contributed by atoms with Gasteiger partial charge in [0.25, 0.3) is 0 Å². The molecule has 0 aliphatic heterocycles. The molecule has 1 atom stereocenters. The van der Waals surface area contributed by atoms with E-state index in [1.54, 1.807) is 22.7 Å². The average molecular weight is 286 g/mol. The summed E-state index contributed by atoms with van der Waals surface area (Å²) in [5.41, 5.74) is 7.09. The molecule has 0 aliphatic rings. The van der Waals surface area contributed by atoms with E-state index in [0.717, 1.165) is 11.1 Å². The fraction of sp³-hybridized carbons (Fsp3) is 0.375. The topological polar surface area (TPSA) is 64.2 Å². The largest absolute Gasteiger partial charge is 0.337 e. The highest BCUT2D eigenvalue weighted by atomic mass is 16.2. The summed E-state index contributed by atoms with van der Waals surface area (Å²) in [6.45, 7) is 4.84. The number of likely N-dealkylation sites (N-methyl/N-ethyl adjacent to an activating group) is 1. The van der Waals surface area contributed by atoms with Crippen LogP contribution in [0.3, 0.4) is 0 Å². The lowest BCUT2D eigenvalue weighted by atomic mass is 9.91. The Hall–Kier alpha value is -2.14. The predicted octanol–water partition coefficient (Wildman–Crippen LogP) is 1.64. The minimum absolute atomic E-state index is 0.0833. The number of carbonyl (C=O) groups is 1. The molecule has 0 spiro atoms. The lowest BCUT2D eigenvalue weighted by Crippen LogP contribution is -2.50. The summed E-state index contributed by atoms with van der Waals surface area (Å²) >= 11 is 0. The minimum Gasteiger partial charge on any atom is -0.337 e. The summed E-state index contributed by atoms with van der Waals surface area (Å²) in [4.78, 5) is 14.5. The smallest absolute Gasteiger partial charge is 0.247 e. The van der Waals surface area contributed by atoms with Crippen LogP contribution in [0.2, 0.25) is 0 Å². The molecule has 5 heteroatoms. The van der Waals surface area contributed by atoms with Crippen LogP contribution in [0, 0.1) is 0 Å². The lowest BCUT2D eigenvalue weighted by molar-refractivity contribution is -0.137. The van der Waals surface area contributed by atoms with Crippen LogP contribution >= 0.6 is 0 Å². The highest BCUT2D eigenvalue weighted by Crippen LogP contribution is 2.21. The van der Waals surface area contributed by atoms with Gasteiger partial charge in [-0.15, -0.1) is 0 Å². The molecule has 0 saturated heterocycles. The number of aromatic nitrogens is 2. The van der Waals surface area contributed by atoms with Gasteiger partial charge in [-0.1, -0.05) is 30.3 Å². The van der Waals surface area contributed by atoms with Crippen LogP contribution < -0.4 is 5.73 Å². The standard InChI is InChI=1S/C16H22N4O/c1-4-20(12-13-10-18-19(3)11-13)15(21)16(2,17)14-8-6-5-7-9-14/h5-11H,4,12,17H2,1-3H3. The first-order valence-corrected chi connectivity index (χ1v) is 7.06. The van der Waals surface area contributed by atoms with Gasteiger partial charge in [0.2, 0.25) is 5.91 Å². The van der Waals surface area contributed by atoms with Gasteiger partial charge >= 0.3 is 0 Å². The Balaban J connectivity index is 2.19. The third kappa shape index (κ3) is 3.31. The maximum absolute atomic E-state index is 12.8. The van der Waals surface area contributed by atoms with Gasteiger partial charge in [-0.05, 0) is 19.4 Å². The third-order valence-corrected chi connectivity index (χ3v) is 3.62. The van der Waals surface area contributed by atoms with Crippen molar-refractivity contribution < 1.29 is 4.79 Å². The second-order valence-corrected chi connectivity index (χ2v) is 5.41. The van der Waals surface area contributed by atoms with Crippen molar-refractivity contribution in [1.82, 2.24) is 14.7 Å². The van der Waals surface area contributed by atoms with Crippen LogP contribution in [-0.4, -0.2) is 27.1 Å². The van der Waals surface area contributed by atoms with Gasteiger partial charge in [0, 0.05) is 31.9 Å². The molecule has 1 unspecified atom stereocenters. The zero-order valence-corrected chi connectivity index (χ0v) is 12.8. The molecule has 112 valence electrons. The van der Waals surface area contributed by atoms with E-state index in [1.807, 2.05) is 50.5 Å². The fourth-order valence-electron chi connectivity index (χ4n) is 2.34. The van der Waals surface area contributed by atoms with E-state index in [9.17, 15) is 4.79 Å². The predicted molar refractivity (Wildman–Crippen MR) is 82.3 cm³/mol. The molecule has 1 aromatic carbocycles. The summed E-state index contributed by atoms with van der Waals surface area (Å²) in [5, 5.41) is 4.13. The first kappa shape index (κ1) is 15.3. The number of nitrogens with two attached hydrogens (primary N) is 1. The van der Waals surface area contributed by atoms with Crippen molar-refractivity contribution in [2.45, 2.75) is 25.9 Å². The second-order valence-electron chi connectivity index (χ2n) is 5.41. The number of hydrogen-bond acceptors (Lipinski definition) is 3. The van der Waals surface area contributed by atoms with E-state index in [4.69, 9.17) is 5.73 Å². The van der Waals surface area contributed by atoms with Crippen molar-refractivity contribution in [2.75, 3.05) is 6.54 Å². The van der Waals surface area contributed by atoms with E-state index < -0.39 is 5.54 Å². The summed E-state index contributed by atoms with van der Waals surface area (Å²) in [5.74, 6) is -0.0833. The quantitative estimate of drug-likeness (QED) is 0.909. The van der Waals surface area contributed by atoms with Crippen molar-refractivity contribution in [3.05, 3.63) is 53.9 Å². The Morgan fingerprint density at radius 2 is 2.05 bits per heavy atom. The SMILES string of the molecule is CCN(Cc1cnn(C)c1)C(=O)C(C)(N)c1ccccc1. The number of aryl methyl sites for hydroxylation is 1. The third-order valence-electron chi connectivity index (χ3n) is 3.62. The molecule has 2 aromatic rings. The Bertz CT molecular complexity index is 604. The molecule has 5 nitrogen and oxygen atoms in total. The summed E-state index contributed by atoms with van der Waals surface area (Å²) in [6.07, 6.45) is 3.68. The molecule has 1 aromatic heterocycles. The van der Waals surface area contributed by atoms with Crippen molar-refractivity contribution in [3.8, 4) is 0 Å². The minimum atomic E-state index is -1.03. The van der Waals surface area contributed by atoms with E-state index in [2.05, 4.69) is 5.10 Å². The molecule has 2 N–H and O–H groups in total. The first-order chi connectivity index (χ1) is 9.95. The Morgan fingerprint density at radius 1 is 1.38 bits per heavy atom. The van der Waals surface area contributed by atoms with Crippen LogP contribution in [0.1, 0.15) is 25.0 Å². The zero-order valence-electron chi connectivity index (χ0n) is 12.8. The van der Waals surface area contributed by atoms with Crippen LogP contribution in [0.25, 0.3) is 0 Å². The van der Waals surface area contributed by atoms with Gasteiger partial charge in [0.1, 0.15) is 5.54 Å². The van der Waals surface area contributed by atoms with Gasteiger partial charge in [0.15, 0.2) is 0 Å². The molecule has 0 radical (unpaired) electrons. The van der Waals surface area contributed by atoms with Crippen LogP contribution in [-0.2, 0) is 23.9 Å². The molecule has 0 fully saturated rings. The Morgan fingerprint density at radius 3 is 2.57 bits per heavy atom. The maximum Gasteiger partial charge on any atom is 0.247 e. The number of hydrogen-bond donors (Lipinski definition) is 1. The van der Waals surface area contributed by atoms with Crippen molar-refractivity contribution in [3.63, 3.8) is 0 Å². The molecule has 0 aliphatic carbocycles. The number of benzene rings is 1. The van der Waals surface area contributed by atoms with Gasteiger partial charge in [0.05, 0.1) is 6.20 Å². The van der Waals surface area contributed by atoms with Gasteiger partial charge in [-0.3, -0.25) is 9.48 Å². The Labute approximate surface area is 125 Å². The molecular weight excluding hydrogens is 264 g/mol. The summed E-state index contributed by atoms with van der Waals surface area (Å²) < 4.78 is 1.73. The molecule has 1 amide bonds. The normalized spacial score (nSPS) is 13.7. The molecule has 21 heavy (non-hydrogen) atoms. The van der Waals surface area contributed by atoms with Crippen LogP contribution in [0.5, 0.6) is 0 Å². The highest BCUT2D eigenvalue weighted by molar-refractivity contribution is 5.87. The molecule has 2 rings (SSSR count). The fourth-order valence-corrected chi connectivity index (χ4v) is 2.34. The first-order valence-electron chi connectivity index (χ1n) is 7.06. The van der Waals surface area contributed by atoms with Crippen molar-refractivity contribution in [2.24, 2.45) is 12.8 Å². The average Bonchev–Trinajstić information content (AvgIpc) is 2.90. The second kappa shape index (κ2) is 6.10. The molecular formula is C16H22N4O. The van der Waals surface area contributed by atoms with Crippen molar-refractivity contribution in [1.29, 1.82) is 0 Å². The van der Waals surface area contributed by atoms with E-state index >= 15 is 0 Å². The van der Waals surface area contributed by atoms with Gasteiger partial charge < -0.3 is 10.6 Å². The monoisotopic (exact) mass is 286 g/mol. The van der Waals surface area contributed by atoms with Crippen LogP contribution in [0.4, 0.5) is 0 Å². The molecule has 1 heterocycles. The van der Waals surface area contributed by atoms with Crippen molar-refractivity contribution >= 4 is 5.91 Å². The summed E-state index contributed by atoms with van der Waals surface area (Å²) in [6, 6.07) is 9.47. The lowest BCUT2D eigenvalue weighted by Gasteiger charge is -2.31. The van der Waals surface area contributed by atoms with E-state index in [0.29, 0.717) is 13.1 Å². The number of amides is 1. The van der Waals surface area contributed by atoms with E-state index in [-0.39, 0.29) is 5.91 Å². The van der Waals surface area contributed by atoms with E-state index in [1.165, 1.54) is 0 Å². The molecule has 0 bridgehead atoms.